The number of halogens is 2. The van der Waals surface area contributed by atoms with Crippen LogP contribution in [0.2, 0.25) is 5.02 Å². The Balaban J connectivity index is 1.48. The minimum absolute atomic E-state index is 0.246. The lowest BCUT2D eigenvalue weighted by Crippen LogP contribution is -2.26. The van der Waals surface area contributed by atoms with Crippen LogP contribution in [0.1, 0.15) is 21.5 Å². The van der Waals surface area contributed by atoms with Crippen molar-refractivity contribution in [3.05, 3.63) is 88.5 Å². The lowest BCUT2D eigenvalue weighted by Gasteiger charge is -2.07. The number of carbonyl (C=O) groups excluding carboxylic acids is 1. The van der Waals surface area contributed by atoms with Gasteiger partial charge >= 0.3 is 0 Å². The van der Waals surface area contributed by atoms with Crippen LogP contribution in [-0.4, -0.2) is 22.4 Å². The van der Waals surface area contributed by atoms with Crippen LogP contribution in [-0.2, 0) is 13.0 Å². The van der Waals surface area contributed by atoms with Crippen LogP contribution in [0.3, 0.4) is 0 Å². The average Bonchev–Trinajstić information content (AvgIpc) is 2.69. The van der Waals surface area contributed by atoms with Crippen molar-refractivity contribution in [3.63, 3.8) is 0 Å². The molecule has 1 amide bonds. The number of nitrogens with one attached hydrogen (secondary N) is 2. The highest BCUT2D eigenvalue weighted by atomic mass is 35.5. The van der Waals surface area contributed by atoms with Gasteiger partial charge in [0, 0.05) is 36.1 Å². The number of hydrogen-bond donors (Lipinski definition) is 2. The number of hydrogen-bond acceptors (Lipinski definition) is 4. The second kappa shape index (κ2) is 9.09. The Hall–Kier alpha value is -2.99. The van der Waals surface area contributed by atoms with E-state index in [1.54, 1.807) is 18.2 Å². The molecule has 1 heterocycles. The van der Waals surface area contributed by atoms with Crippen LogP contribution in [0, 0.1) is 5.82 Å². The lowest BCUT2D eigenvalue weighted by atomic mass is 10.1. The van der Waals surface area contributed by atoms with Gasteiger partial charge in [-0.3, -0.25) is 4.79 Å². The van der Waals surface area contributed by atoms with E-state index >= 15 is 0 Å². The highest BCUT2D eigenvalue weighted by Crippen LogP contribution is 2.10. The molecule has 1 aromatic heterocycles. The van der Waals surface area contributed by atoms with E-state index in [9.17, 15) is 9.18 Å². The maximum atomic E-state index is 13.6. The van der Waals surface area contributed by atoms with E-state index in [1.165, 1.54) is 18.5 Å². The zero-order valence-electron chi connectivity index (χ0n) is 14.5. The molecule has 0 fully saturated rings. The Morgan fingerprint density at radius 2 is 1.74 bits per heavy atom. The van der Waals surface area contributed by atoms with Crippen LogP contribution in [0.4, 0.5) is 10.3 Å². The zero-order valence-corrected chi connectivity index (χ0v) is 15.2. The van der Waals surface area contributed by atoms with E-state index in [2.05, 4.69) is 20.6 Å². The van der Waals surface area contributed by atoms with Crippen molar-refractivity contribution in [2.75, 3.05) is 11.9 Å². The smallest absolute Gasteiger partial charge is 0.254 e. The minimum Gasteiger partial charge on any atom is -0.352 e. The average molecular weight is 385 g/mol. The van der Waals surface area contributed by atoms with E-state index in [-0.39, 0.29) is 18.3 Å². The summed E-state index contributed by atoms with van der Waals surface area (Å²) in [4.78, 5) is 20.3. The topological polar surface area (TPSA) is 66.9 Å². The standard InChI is InChI=1S/C20H18ClFN4O/c21-17-7-5-14(6-8-17)9-10-23-19(27)16-12-25-20(26-13-16)24-11-15-3-1-2-4-18(15)22/h1-8,12-13H,9-11H2,(H,23,27)(H,24,25,26). The number of amides is 1. The molecule has 2 N–H and O–H groups in total. The van der Waals surface area contributed by atoms with Crippen molar-refractivity contribution < 1.29 is 9.18 Å². The molecule has 0 saturated heterocycles. The van der Waals surface area contributed by atoms with Gasteiger partial charge in [0.05, 0.1) is 5.56 Å². The SMILES string of the molecule is O=C(NCCc1ccc(Cl)cc1)c1cnc(NCc2ccccc2F)nc1. The molecule has 2 aromatic carbocycles. The Morgan fingerprint density at radius 1 is 1.04 bits per heavy atom. The van der Waals surface area contributed by atoms with Crippen LogP contribution in [0.25, 0.3) is 0 Å². The maximum Gasteiger partial charge on any atom is 0.254 e. The molecule has 138 valence electrons. The molecule has 0 unspecified atom stereocenters. The highest BCUT2D eigenvalue weighted by Gasteiger charge is 2.07. The number of aromatic nitrogens is 2. The maximum absolute atomic E-state index is 13.6. The molecule has 3 rings (SSSR count). The third-order valence-corrected chi connectivity index (χ3v) is 4.17. The summed E-state index contributed by atoms with van der Waals surface area (Å²) < 4.78 is 13.6. The Labute approximate surface area is 161 Å². The van der Waals surface area contributed by atoms with Crippen LogP contribution in [0.15, 0.2) is 60.9 Å². The largest absolute Gasteiger partial charge is 0.352 e. The van der Waals surface area contributed by atoms with Crippen molar-refractivity contribution in [2.45, 2.75) is 13.0 Å². The third kappa shape index (κ3) is 5.49. The quantitative estimate of drug-likeness (QED) is 0.649. The van der Waals surface area contributed by atoms with Crippen molar-refractivity contribution in [1.29, 1.82) is 0 Å². The van der Waals surface area contributed by atoms with Gasteiger partial charge in [-0.1, -0.05) is 41.9 Å². The van der Waals surface area contributed by atoms with Gasteiger partial charge in [0.25, 0.3) is 5.91 Å². The molecular formula is C20H18ClFN4O. The molecule has 0 saturated carbocycles. The number of benzene rings is 2. The van der Waals surface area contributed by atoms with E-state index in [4.69, 9.17) is 11.6 Å². The Bertz CT molecular complexity index is 901. The number of rotatable bonds is 7. The fraction of sp³-hybridized carbons (Fsp3) is 0.150. The van der Waals surface area contributed by atoms with Gasteiger partial charge in [-0.25, -0.2) is 14.4 Å². The molecule has 0 atom stereocenters. The molecule has 3 aromatic rings. The molecular weight excluding hydrogens is 367 g/mol. The molecule has 27 heavy (non-hydrogen) atoms. The summed E-state index contributed by atoms with van der Waals surface area (Å²) in [5, 5.41) is 6.44. The normalized spacial score (nSPS) is 10.4. The van der Waals surface area contributed by atoms with E-state index in [0.29, 0.717) is 35.1 Å². The summed E-state index contributed by atoms with van der Waals surface area (Å²) in [6.45, 7) is 0.757. The second-order valence-corrected chi connectivity index (χ2v) is 6.31. The first-order chi connectivity index (χ1) is 13.1. The zero-order chi connectivity index (χ0) is 19.1. The first-order valence-electron chi connectivity index (χ1n) is 8.44. The fourth-order valence-corrected chi connectivity index (χ4v) is 2.55. The van der Waals surface area contributed by atoms with Gasteiger partial charge in [0.15, 0.2) is 0 Å². The van der Waals surface area contributed by atoms with Gasteiger partial charge in [-0.05, 0) is 30.2 Å². The molecule has 0 radical (unpaired) electrons. The highest BCUT2D eigenvalue weighted by molar-refractivity contribution is 6.30. The van der Waals surface area contributed by atoms with Crippen LogP contribution >= 0.6 is 11.6 Å². The van der Waals surface area contributed by atoms with E-state index in [0.717, 1.165) is 5.56 Å². The van der Waals surface area contributed by atoms with Crippen molar-refractivity contribution in [1.82, 2.24) is 15.3 Å². The third-order valence-electron chi connectivity index (χ3n) is 3.92. The number of anilines is 1. The summed E-state index contributed by atoms with van der Waals surface area (Å²) >= 11 is 5.85. The molecule has 5 nitrogen and oxygen atoms in total. The molecule has 0 bridgehead atoms. The first kappa shape index (κ1) is 18.8. The number of nitrogens with zero attached hydrogens (tertiary/aromatic N) is 2. The van der Waals surface area contributed by atoms with Crippen LogP contribution in [0.5, 0.6) is 0 Å². The Morgan fingerprint density at radius 3 is 2.44 bits per heavy atom. The van der Waals surface area contributed by atoms with Gasteiger partial charge in [-0.2, -0.15) is 0 Å². The predicted molar refractivity (Wildman–Crippen MR) is 103 cm³/mol. The van der Waals surface area contributed by atoms with Gasteiger partial charge in [0.1, 0.15) is 5.82 Å². The number of carbonyl (C=O) groups is 1. The molecule has 0 spiro atoms. The fourth-order valence-electron chi connectivity index (χ4n) is 2.43. The minimum atomic E-state index is -0.290. The second-order valence-electron chi connectivity index (χ2n) is 5.87. The molecule has 7 heteroatoms. The summed E-state index contributed by atoms with van der Waals surface area (Å²) in [6.07, 6.45) is 3.58. The predicted octanol–water partition coefficient (Wildman–Crippen LogP) is 3.85. The summed E-state index contributed by atoms with van der Waals surface area (Å²) in [5.41, 5.74) is 1.97. The van der Waals surface area contributed by atoms with Crippen molar-refractivity contribution in [2.24, 2.45) is 0 Å². The van der Waals surface area contributed by atoms with Crippen molar-refractivity contribution in [3.8, 4) is 0 Å². The molecule has 0 aliphatic heterocycles. The summed E-state index contributed by atoms with van der Waals surface area (Å²) in [5.74, 6) is -0.206. The van der Waals surface area contributed by atoms with Gasteiger partial charge < -0.3 is 10.6 Å². The summed E-state index contributed by atoms with van der Waals surface area (Å²) in [6, 6.07) is 14.0. The molecule has 0 aliphatic carbocycles. The monoisotopic (exact) mass is 384 g/mol. The van der Waals surface area contributed by atoms with E-state index in [1.807, 2.05) is 24.3 Å². The van der Waals surface area contributed by atoms with Crippen molar-refractivity contribution >= 4 is 23.5 Å². The van der Waals surface area contributed by atoms with Crippen LogP contribution < -0.4 is 10.6 Å². The van der Waals surface area contributed by atoms with Gasteiger partial charge in [0.2, 0.25) is 5.95 Å². The van der Waals surface area contributed by atoms with Gasteiger partial charge in [-0.15, -0.1) is 0 Å². The first-order valence-corrected chi connectivity index (χ1v) is 8.81. The van der Waals surface area contributed by atoms with E-state index < -0.39 is 0 Å². The Kier molecular flexibility index (Phi) is 6.33. The molecule has 0 aliphatic rings. The summed E-state index contributed by atoms with van der Waals surface area (Å²) in [7, 11) is 0. The lowest BCUT2D eigenvalue weighted by molar-refractivity contribution is 0.0953.